The number of nitrogens with one attached hydrogen (secondary N) is 1. The number of nitrogens with zero attached hydrogens (tertiary/aromatic N) is 2. The van der Waals surface area contributed by atoms with Crippen molar-refractivity contribution in [2.24, 2.45) is 0 Å². The number of aromatic nitrogens is 1. The van der Waals surface area contributed by atoms with Crippen molar-refractivity contribution in [2.45, 2.75) is 27.7 Å². The van der Waals surface area contributed by atoms with E-state index in [4.69, 9.17) is 23.8 Å². The Balaban J connectivity index is 1.78. The molecule has 0 atom stereocenters. The largest absolute Gasteiger partial charge is 0.318 e. The zero-order chi connectivity index (χ0) is 24.0. The van der Waals surface area contributed by atoms with E-state index in [1.807, 2.05) is 56.5 Å². The second-order valence-electron chi connectivity index (χ2n) is 8.01. The fraction of sp³-hybridized carbons (Fsp3) is 0.160. The number of thiocarbonyl (C=S) groups is 1. The van der Waals surface area contributed by atoms with Crippen LogP contribution in [0.2, 0.25) is 5.02 Å². The number of aryl methyl sites for hydroxylation is 3. The molecule has 168 valence electrons. The van der Waals surface area contributed by atoms with E-state index in [0.717, 1.165) is 22.5 Å². The fourth-order valence-electron chi connectivity index (χ4n) is 4.04. The first-order valence-corrected chi connectivity index (χ1v) is 11.0. The fourth-order valence-corrected chi connectivity index (χ4v) is 4.49. The SMILES string of the molecule is Cc1ccc(N2C(=O)/C(=C/c3cc(C)n(-c4ccc(F)c(Cl)c4)c3C)C(=O)NC2=S)c(C)c1. The number of anilines is 1. The molecule has 2 heterocycles. The molecule has 1 saturated heterocycles. The third-order valence-corrected chi connectivity index (χ3v) is 6.20. The molecule has 33 heavy (non-hydrogen) atoms. The van der Waals surface area contributed by atoms with Gasteiger partial charge in [-0.2, -0.15) is 0 Å². The van der Waals surface area contributed by atoms with Crippen LogP contribution in [0.4, 0.5) is 10.1 Å². The monoisotopic (exact) mass is 481 g/mol. The maximum Gasteiger partial charge on any atom is 0.270 e. The van der Waals surface area contributed by atoms with E-state index in [2.05, 4.69) is 5.32 Å². The Labute approximate surface area is 201 Å². The van der Waals surface area contributed by atoms with Crippen LogP contribution in [-0.4, -0.2) is 21.5 Å². The standard InChI is InChI=1S/C25H21ClFN3O2S/c1-13-5-8-22(14(2)9-13)30-24(32)19(23(31)28-25(30)33)11-17-10-15(3)29(16(17)4)18-6-7-21(27)20(26)12-18/h5-12H,1-4H3,(H,28,31,33)/b19-11+. The minimum Gasteiger partial charge on any atom is -0.318 e. The third-order valence-electron chi connectivity index (χ3n) is 5.63. The first-order chi connectivity index (χ1) is 15.6. The summed E-state index contributed by atoms with van der Waals surface area (Å²) in [5.74, 6) is -1.55. The van der Waals surface area contributed by atoms with Gasteiger partial charge in [0.05, 0.1) is 10.7 Å². The highest BCUT2D eigenvalue weighted by Gasteiger charge is 2.35. The second kappa shape index (κ2) is 8.57. The highest BCUT2D eigenvalue weighted by atomic mass is 35.5. The van der Waals surface area contributed by atoms with E-state index >= 15 is 0 Å². The Bertz CT molecular complexity index is 1380. The molecule has 1 aromatic heterocycles. The summed E-state index contributed by atoms with van der Waals surface area (Å²) in [6.07, 6.45) is 1.56. The summed E-state index contributed by atoms with van der Waals surface area (Å²) < 4.78 is 15.5. The molecule has 0 radical (unpaired) electrons. The van der Waals surface area contributed by atoms with Gasteiger partial charge < -0.3 is 4.57 Å². The zero-order valence-electron chi connectivity index (χ0n) is 18.5. The molecular formula is C25H21ClFN3O2S. The van der Waals surface area contributed by atoms with E-state index in [1.54, 1.807) is 12.1 Å². The summed E-state index contributed by atoms with van der Waals surface area (Å²) in [6, 6.07) is 12.0. The Morgan fingerprint density at radius 3 is 2.42 bits per heavy atom. The number of halogens is 2. The predicted molar refractivity (Wildman–Crippen MR) is 132 cm³/mol. The van der Waals surface area contributed by atoms with Gasteiger partial charge in [-0.1, -0.05) is 29.3 Å². The molecule has 0 aliphatic carbocycles. The number of carbonyl (C=O) groups excluding carboxylic acids is 2. The van der Waals surface area contributed by atoms with Crippen molar-refractivity contribution < 1.29 is 14.0 Å². The number of carbonyl (C=O) groups is 2. The molecular weight excluding hydrogens is 461 g/mol. The van der Waals surface area contributed by atoms with Crippen LogP contribution >= 0.6 is 23.8 Å². The number of benzene rings is 2. The molecule has 8 heteroatoms. The van der Waals surface area contributed by atoms with Crippen molar-refractivity contribution >= 4 is 52.5 Å². The molecule has 2 amide bonds. The van der Waals surface area contributed by atoms with E-state index in [-0.39, 0.29) is 15.7 Å². The minimum atomic E-state index is -0.555. The van der Waals surface area contributed by atoms with Crippen LogP contribution in [0.1, 0.15) is 28.1 Å². The van der Waals surface area contributed by atoms with Gasteiger partial charge in [-0.05, 0) is 87.4 Å². The Hall–Kier alpha value is -3.29. The van der Waals surface area contributed by atoms with E-state index in [1.165, 1.54) is 17.0 Å². The van der Waals surface area contributed by atoms with Crippen LogP contribution in [0.15, 0.2) is 48.0 Å². The minimum absolute atomic E-state index is 0.0133. The van der Waals surface area contributed by atoms with Gasteiger partial charge in [-0.15, -0.1) is 0 Å². The number of hydrogen-bond donors (Lipinski definition) is 1. The van der Waals surface area contributed by atoms with Crippen LogP contribution < -0.4 is 10.2 Å². The topological polar surface area (TPSA) is 54.3 Å². The van der Waals surface area contributed by atoms with Gasteiger partial charge in [0.1, 0.15) is 11.4 Å². The average Bonchev–Trinajstić information content (AvgIpc) is 3.02. The van der Waals surface area contributed by atoms with Crippen molar-refractivity contribution in [1.29, 1.82) is 0 Å². The summed E-state index contributed by atoms with van der Waals surface area (Å²) in [6.45, 7) is 7.59. The Morgan fingerprint density at radius 1 is 1.03 bits per heavy atom. The number of rotatable bonds is 3. The Kier molecular flexibility index (Phi) is 5.95. The van der Waals surface area contributed by atoms with Gasteiger partial charge in [0.25, 0.3) is 11.8 Å². The maximum absolute atomic E-state index is 13.6. The van der Waals surface area contributed by atoms with E-state index in [0.29, 0.717) is 16.9 Å². The maximum atomic E-state index is 13.6. The molecule has 1 fully saturated rings. The molecule has 1 aliphatic rings. The normalized spacial score (nSPS) is 15.4. The van der Waals surface area contributed by atoms with Gasteiger partial charge in [0, 0.05) is 17.1 Å². The first-order valence-electron chi connectivity index (χ1n) is 10.2. The highest BCUT2D eigenvalue weighted by Crippen LogP contribution is 2.29. The van der Waals surface area contributed by atoms with Crippen molar-refractivity contribution in [2.75, 3.05) is 4.90 Å². The summed E-state index contributed by atoms with van der Waals surface area (Å²) in [5.41, 5.74) is 5.49. The van der Waals surface area contributed by atoms with Crippen LogP contribution in [0, 0.1) is 33.5 Å². The molecule has 5 nitrogen and oxygen atoms in total. The van der Waals surface area contributed by atoms with Crippen molar-refractivity contribution in [3.05, 3.63) is 87.0 Å². The first kappa shape index (κ1) is 22.9. The Morgan fingerprint density at radius 2 is 1.76 bits per heavy atom. The van der Waals surface area contributed by atoms with Gasteiger partial charge in [-0.3, -0.25) is 19.8 Å². The lowest BCUT2D eigenvalue weighted by Gasteiger charge is -2.30. The molecule has 2 aromatic carbocycles. The smallest absolute Gasteiger partial charge is 0.270 e. The molecule has 3 aromatic rings. The van der Waals surface area contributed by atoms with Crippen molar-refractivity contribution in [1.82, 2.24) is 9.88 Å². The molecule has 4 rings (SSSR count). The van der Waals surface area contributed by atoms with Crippen LogP contribution in [0.25, 0.3) is 11.8 Å². The summed E-state index contributed by atoms with van der Waals surface area (Å²) >= 11 is 11.3. The zero-order valence-corrected chi connectivity index (χ0v) is 20.1. The molecule has 1 N–H and O–H groups in total. The quantitative estimate of drug-likeness (QED) is 0.312. The lowest BCUT2D eigenvalue weighted by molar-refractivity contribution is -0.122. The molecule has 1 aliphatic heterocycles. The highest BCUT2D eigenvalue weighted by molar-refractivity contribution is 7.80. The van der Waals surface area contributed by atoms with E-state index in [9.17, 15) is 14.0 Å². The predicted octanol–water partition coefficient (Wildman–Crippen LogP) is 5.33. The van der Waals surface area contributed by atoms with Crippen LogP contribution in [0.5, 0.6) is 0 Å². The number of hydrogen-bond acceptors (Lipinski definition) is 3. The molecule has 0 saturated carbocycles. The molecule has 0 spiro atoms. The van der Waals surface area contributed by atoms with Crippen LogP contribution in [0.3, 0.4) is 0 Å². The van der Waals surface area contributed by atoms with Crippen LogP contribution in [-0.2, 0) is 9.59 Å². The molecule has 0 unspecified atom stereocenters. The van der Waals surface area contributed by atoms with Gasteiger partial charge in [0.15, 0.2) is 5.11 Å². The third kappa shape index (κ3) is 4.10. The van der Waals surface area contributed by atoms with Gasteiger partial charge in [0.2, 0.25) is 0 Å². The summed E-state index contributed by atoms with van der Waals surface area (Å²) in [4.78, 5) is 27.4. The lowest BCUT2D eigenvalue weighted by Crippen LogP contribution is -2.54. The lowest BCUT2D eigenvalue weighted by atomic mass is 10.0. The molecule has 0 bridgehead atoms. The second-order valence-corrected chi connectivity index (χ2v) is 8.80. The summed E-state index contributed by atoms with van der Waals surface area (Å²) in [7, 11) is 0. The average molecular weight is 482 g/mol. The van der Waals surface area contributed by atoms with Gasteiger partial charge in [-0.25, -0.2) is 4.39 Å². The van der Waals surface area contributed by atoms with Crippen molar-refractivity contribution in [3.8, 4) is 5.69 Å². The summed E-state index contributed by atoms with van der Waals surface area (Å²) in [5, 5.41) is 2.68. The van der Waals surface area contributed by atoms with E-state index < -0.39 is 17.6 Å². The van der Waals surface area contributed by atoms with Crippen molar-refractivity contribution in [3.63, 3.8) is 0 Å². The van der Waals surface area contributed by atoms with Gasteiger partial charge >= 0.3 is 0 Å². The number of amides is 2.